The maximum absolute atomic E-state index is 12.9. The van der Waals surface area contributed by atoms with E-state index in [1.807, 2.05) is 13.1 Å². The molecule has 0 spiro atoms. The van der Waals surface area contributed by atoms with Crippen molar-refractivity contribution in [3.8, 4) is 23.0 Å². The van der Waals surface area contributed by atoms with Crippen molar-refractivity contribution in [1.82, 2.24) is 4.90 Å². The molecule has 0 atom stereocenters. The van der Waals surface area contributed by atoms with Crippen LogP contribution in [0.25, 0.3) is 12.2 Å². The zero-order valence-electron chi connectivity index (χ0n) is 19.8. The minimum atomic E-state index is -3.00. The number of nitrogens with zero attached hydrogens (tertiary/aromatic N) is 1. The number of ether oxygens (including phenoxy) is 4. The van der Waals surface area contributed by atoms with E-state index in [1.165, 1.54) is 27.4 Å². The number of carbonyl (C=O) groups is 1. The summed E-state index contributed by atoms with van der Waals surface area (Å²) in [4.78, 5) is 14.9. The maximum Gasteiger partial charge on any atom is 0.387 e. The molecule has 0 aromatic heterocycles. The van der Waals surface area contributed by atoms with Crippen LogP contribution in [0.15, 0.2) is 30.3 Å². The lowest BCUT2D eigenvalue weighted by Gasteiger charge is -2.28. The molecule has 1 aliphatic heterocycles. The van der Waals surface area contributed by atoms with E-state index in [4.69, 9.17) is 14.2 Å². The number of carbonyl (C=O) groups excluding carboxylic acids is 1. The predicted molar refractivity (Wildman–Crippen MR) is 127 cm³/mol. The van der Waals surface area contributed by atoms with Gasteiger partial charge in [-0.3, -0.25) is 4.79 Å². The monoisotopic (exact) mass is 476 g/mol. The van der Waals surface area contributed by atoms with Crippen molar-refractivity contribution in [2.24, 2.45) is 5.92 Å². The van der Waals surface area contributed by atoms with Crippen molar-refractivity contribution in [3.05, 3.63) is 41.5 Å². The summed E-state index contributed by atoms with van der Waals surface area (Å²) in [6.45, 7) is -1.37. The Morgan fingerprint density at radius 3 is 2.15 bits per heavy atom. The lowest BCUT2D eigenvalue weighted by atomic mass is 9.96. The third-order valence-corrected chi connectivity index (χ3v) is 5.72. The second-order valence-electron chi connectivity index (χ2n) is 7.99. The molecule has 0 saturated carbocycles. The second kappa shape index (κ2) is 11.7. The number of hydrogen-bond donors (Lipinski definition) is 1. The number of rotatable bonds is 9. The van der Waals surface area contributed by atoms with Crippen molar-refractivity contribution >= 4 is 23.7 Å². The number of likely N-dealkylation sites (tertiary alicyclic amines) is 1. The lowest BCUT2D eigenvalue weighted by Crippen LogP contribution is -2.36. The first-order valence-corrected chi connectivity index (χ1v) is 10.9. The Bertz CT molecular complexity index is 995. The molecule has 184 valence electrons. The molecular formula is C25H30F2N2O5. The smallest absolute Gasteiger partial charge is 0.387 e. The number of methoxy groups -OCH3 is 3. The molecule has 1 aliphatic rings. The Balaban J connectivity index is 1.85. The van der Waals surface area contributed by atoms with E-state index in [2.05, 4.69) is 15.0 Å². The first-order valence-electron chi connectivity index (χ1n) is 10.9. The highest BCUT2D eigenvalue weighted by Crippen LogP contribution is 2.39. The van der Waals surface area contributed by atoms with E-state index in [9.17, 15) is 13.6 Å². The summed E-state index contributed by atoms with van der Waals surface area (Å²) in [5.74, 6) is 1.05. The van der Waals surface area contributed by atoms with Gasteiger partial charge in [0, 0.05) is 5.92 Å². The van der Waals surface area contributed by atoms with Gasteiger partial charge in [0.25, 0.3) is 0 Å². The third-order valence-electron chi connectivity index (χ3n) is 5.72. The molecule has 1 amide bonds. The molecule has 1 N–H and O–H groups in total. The second-order valence-corrected chi connectivity index (χ2v) is 7.99. The van der Waals surface area contributed by atoms with Crippen LogP contribution in [0.3, 0.4) is 0 Å². The van der Waals surface area contributed by atoms with Gasteiger partial charge in [-0.15, -0.1) is 0 Å². The molecule has 1 fully saturated rings. The number of anilines is 1. The first-order chi connectivity index (χ1) is 16.3. The maximum atomic E-state index is 12.9. The number of halogens is 2. The number of hydrogen-bond acceptors (Lipinski definition) is 6. The number of nitrogens with one attached hydrogen (secondary N) is 1. The Labute approximate surface area is 198 Å². The van der Waals surface area contributed by atoms with Gasteiger partial charge in [0.15, 0.2) is 11.5 Å². The zero-order chi connectivity index (χ0) is 24.7. The summed E-state index contributed by atoms with van der Waals surface area (Å²) < 4.78 is 46.6. The van der Waals surface area contributed by atoms with Crippen LogP contribution in [0.1, 0.15) is 24.0 Å². The van der Waals surface area contributed by atoms with Gasteiger partial charge < -0.3 is 29.2 Å². The van der Waals surface area contributed by atoms with Crippen molar-refractivity contribution in [2.75, 3.05) is 46.8 Å². The van der Waals surface area contributed by atoms with Crippen molar-refractivity contribution in [3.63, 3.8) is 0 Å². The molecule has 3 rings (SSSR count). The molecule has 0 unspecified atom stereocenters. The van der Waals surface area contributed by atoms with Crippen LogP contribution >= 0.6 is 0 Å². The number of amides is 1. The lowest BCUT2D eigenvalue weighted by molar-refractivity contribution is -0.121. The van der Waals surface area contributed by atoms with Crippen LogP contribution in [0.2, 0.25) is 0 Å². The number of benzene rings is 2. The number of alkyl halides is 2. The first kappa shape index (κ1) is 25.3. The molecule has 0 bridgehead atoms. The van der Waals surface area contributed by atoms with Crippen LogP contribution in [-0.4, -0.2) is 58.9 Å². The van der Waals surface area contributed by atoms with E-state index in [-0.39, 0.29) is 23.3 Å². The van der Waals surface area contributed by atoms with Crippen molar-refractivity contribution in [2.45, 2.75) is 19.5 Å². The highest BCUT2D eigenvalue weighted by Gasteiger charge is 2.24. The van der Waals surface area contributed by atoms with Gasteiger partial charge in [0.1, 0.15) is 5.75 Å². The van der Waals surface area contributed by atoms with Gasteiger partial charge in [0.05, 0.1) is 27.0 Å². The molecule has 7 nitrogen and oxygen atoms in total. The predicted octanol–water partition coefficient (Wildman–Crippen LogP) is 4.76. The number of piperidine rings is 1. The summed E-state index contributed by atoms with van der Waals surface area (Å²) in [5, 5.41) is 2.78. The van der Waals surface area contributed by atoms with Crippen LogP contribution in [0.5, 0.6) is 23.0 Å². The van der Waals surface area contributed by atoms with E-state index in [0.717, 1.165) is 18.7 Å². The van der Waals surface area contributed by atoms with E-state index in [1.54, 1.807) is 30.3 Å². The molecule has 9 heteroatoms. The fourth-order valence-corrected chi connectivity index (χ4v) is 3.84. The van der Waals surface area contributed by atoms with Crippen LogP contribution in [-0.2, 0) is 4.79 Å². The molecule has 2 aromatic rings. The molecule has 0 radical (unpaired) electrons. The average molecular weight is 477 g/mol. The quantitative estimate of drug-likeness (QED) is 0.526. The normalized spacial score (nSPS) is 14.9. The van der Waals surface area contributed by atoms with Gasteiger partial charge in [-0.25, -0.2) is 0 Å². The van der Waals surface area contributed by atoms with E-state index in [0.29, 0.717) is 35.7 Å². The van der Waals surface area contributed by atoms with Crippen LogP contribution in [0, 0.1) is 5.92 Å². The SMILES string of the molecule is COc1cc(/C=C\c2ccc(OC(F)F)c(NC(=O)C3CCN(C)CC3)c2)cc(OC)c1OC. The van der Waals surface area contributed by atoms with E-state index < -0.39 is 6.61 Å². The van der Waals surface area contributed by atoms with Crippen LogP contribution in [0.4, 0.5) is 14.5 Å². The summed E-state index contributed by atoms with van der Waals surface area (Å²) in [7, 11) is 6.60. The summed E-state index contributed by atoms with van der Waals surface area (Å²) in [6, 6.07) is 8.24. The van der Waals surface area contributed by atoms with Crippen molar-refractivity contribution < 1.29 is 32.5 Å². The van der Waals surface area contributed by atoms with Gasteiger partial charge >= 0.3 is 6.61 Å². The van der Waals surface area contributed by atoms with Gasteiger partial charge in [0.2, 0.25) is 11.7 Å². The molecule has 0 aliphatic carbocycles. The topological polar surface area (TPSA) is 69.3 Å². The van der Waals surface area contributed by atoms with Gasteiger partial charge in [-0.05, 0) is 68.4 Å². The Kier molecular flexibility index (Phi) is 8.70. The zero-order valence-corrected chi connectivity index (χ0v) is 19.8. The molecule has 2 aromatic carbocycles. The Morgan fingerprint density at radius 1 is 0.971 bits per heavy atom. The third kappa shape index (κ3) is 6.38. The van der Waals surface area contributed by atoms with Gasteiger partial charge in [-0.1, -0.05) is 18.2 Å². The Hall–Kier alpha value is -3.33. The van der Waals surface area contributed by atoms with Crippen molar-refractivity contribution in [1.29, 1.82) is 0 Å². The molecule has 34 heavy (non-hydrogen) atoms. The largest absolute Gasteiger partial charge is 0.493 e. The summed E-state index contributed by atoms with van der Waals surface area (Å²) in [5.41, 5.74) is 1.67. The fourth-order valence-electron chi connectivity index (χ4n) is 3.84. The molecule has 1 heterocycles. The summed E-state index contributed by atoms with van der Waals surface area (Å²) in [6.07, 6.45) is 5.04. The highest BCUT2D eigenvalue weighted by molar-refractivity contribution is 5.94. The average Bonchev–Trinajstić information content (AvgIpc) is 2.83. The van der Waals surface area contributed by atoms with Gasteiger partial charge in [-0.2, -0.15) is 8.78 Å². The minimum Gasteiger partial charge on any atom is -0.493 e. The fraction of sp³-hybridized carbons (Fsp3) is 0.400. The standard InChI is InChI=1S/C25H30F2N2O5/c1-29-11-9-18(10-12-29)24(30)28-19-13-16(7-8-20(19)34-25(26)27)5-6-17-14-21(31-2)23(33-4)22(15-17)32-3/h5-8,13-15,18,25H,9-12H2,1-4H3,(H,28,30)/b6-5-. The van der Waals surface area contributed by atoms with Crippen LogP contribution < -0.4 is 24.3 Å². The highest BCUT2D eigenvalue weighted by atomic mass is 19.3. The minimum absolute atomic E-state index is 0.0822. The van der Waals surface area contributed by atoms with E-state index >= 15 is 0 Å². The molecular weight excluding hydrogens is 446 g/mol. The Morgan fingerprint density at radius 2 is 1.59 bits per heavy atom. The summed E-state index contributed by atoms with van der Waals surface area (Å²) >= 11 is 0. The molecule has 1 saturated heterocycles.